The number of amides is 1. The van der Waals surface area contributed by atoms with Gasteiger partial charge in [0.15, 0.2) is 5.78 Å². The summed E-state index contributed by atoms with van der Waals surface area (Å²) in [7, 11) is 0. The zero-order valence-electron chi connectivity index (χ0n) is 15.1. The molecule has 0 saturated heterocycles. The average molecular weight is 360 g/mol. The van der Waals surface area contributed by atoms with Crippen LogP contribution >= 0.6 is 0 Å². The van der Waals surface area contributed by atoms with Gasteiger partial charge in [0.25, 0.3) is 11.5 Å². The van der Waals surface area contributed by atoms with E-state index in [0.29, 0.717) is 36.9 Å². The van der Waals surface area contributed by atoms with E-state index in [2.05, 4.69) is 10.3 Å². The quantitative estimate of drug-likeness (QED) is 0.760. The second kappa shape index (κ2) is 6.37. The molecule has 1 saturated carbocycles. The topological polar surface area (TPSA) is 116 Å². The largest absolute Gasteiger partial charge is 0.481 e. The molecule has 3 rings (SSSR count). The van der Waals surface area contributed by atoms with Crippen LogP contribution in [0.3, 0.4) is 0 Å². The zero-order valence-corrected chi connectivity index (χ0v) is 15.1. The summed E-state index contributed by atoms with van der Waals surface area (Å²) in [5.74, 6) is -1.69. The molecule has 0 unspecified atom stereocenters. The number of aromatic amines is 1. The van der Waals surface area contributed by atoms with Gasteiger partial charge in [0, 0.05) is 17.7 Å². The Labute approximate surface area is 151 Å². The van der Waals surface area contributed by atoms with E-state index in [0.717, 1.165) is 12.8 Å². The fourth-order valence-electron chi connectivity index (χ4n) is 4.19. The van der Waals surface area contributed by atoms with Crippen molar-refractivity contribution in [2.45, 2.75) is 64.3 Å². The number of aliphatic carboxylic acids is 1. The van der Waals surface area contributed by atoms with E-state index in [-0.39, 0.29) is 23.2 Å². The van der Waals surface area contributed by atoms with Crippen molar-refractivity contribution in [1.82, 2.24) is 10.3 Å². The monoisotopic (exact) mass is 360 g/mol. The third-order valence-corrected chi connectivity index (χ3v) is 5.39. The summed E-state index contributed by atoms with van der Waals surface area (Å²) in [5, 5.41) is 11.9. The maximum absolute atomic E-state index is 12.7. The molecule has 26 heavy (non-hydrogen) atoms. The Morgan fingerprint density at radius 3 is 2.46 bits per heavy atom. The molecular weight excluding hydrogens is 336 g/mol. The van der Waals surface area contributed by atoms with E-state index in [9.17, 15) is 19.2 Å². The van der Waals surface area contributed by atoms with Crippen molar-refractivity contribution in [3.8, 4) is 0 Å². The summed E-state index contributed by atoms with van der Waals surface area (Å²) in [6, 6.07) is 1.37. The Kier molecular flexibility index (Phi) is 4.50. The van der Waals surface area contributed by atoms with Gasteiger partial charge in [-0.25, -0.2) is 0 Å². The molecule has 7 nitrogen and oxygen atoms in total. The van der Waals surface area contributed by atoms with Gasteiger partial charge >= 0.3 is 5.97 Å². The van der Waals surface area contributed by atoms with E-state index >= 15 is 0 Å². The van der Waals surface area contributed by atoms with Gasteiger partial charge in [-0.15, -0.1) is 0 Å². The molecule has 1 aromatic heterocycles. The number of carboxylic acid groups (broad SMARTS) is 1. The lowest BCUT2D eigenvalue weighted by molar-refractivity contribution is -0.138. The Morgan fingerprint density at radius 1 is 1.19 bits per heavy atom. The number of pyridine rings is 1. The lowest BCUT2D eigenvalue weighted by Crippen LogP contribution is -2.49. The van der Waals surface area contributed by atoms with Crippen LogP contribution in [-0.2, 0) is 11.2 Å². The van der Waals surface area contributed by atoms with Crippen LogP contribution in [0.2, 0.25) is 0 Å². The highest BCUT2D eigenvalue weighted by Crippen LogP contribution is 2.34. The van der Waals surface area contributed by atoms with Crippen LogP contribution < -0.4 is 10.9 Å². The molecule has 2 aliphatic rings. The molecule has 1 amide bonds. The molecule has 140 valence electrons. The number of rotatable bonds is 4. The predicted octanol–water partition coefficient (Wildman–Crippen LogP) is 2.05. The molecule has 0 aliphatic heterocycles. The first-order chi connectivity index (χ1) is 12.1. The molecule has 2 aliphatic carbocycles. The molecular formula is C19H24N2O5. The Morgan fingerprint density at radius 2 is 1.85 bits per heavy atom. The number of fused-ring (bicyclic) bond motifs is 1. The number of hydrogen-bond acceptors (Lipinski definition) is 4. The second-order valence-corrected chi connectivity index (χ2v) is 8.36. The van der Waals surface area contributed by atoms with Crippen molar-refractivity contribution in [2.75, 3.05) is 0 Å². The van der Waals surface area contributed by atoms with E-state index in [1.807, 2.05) is 13.8 Å². The minimum absolute atomic E-state index is 0.0948. The molecule has 1 aromatic rings. The fourth-order valence-corrected chi connectivity index (χ4v) is 4.19. The molecule has 1 fully saturated rings. The molecule has 0 aromatic carbocycles. The van der Waals surface area contributed by atoms with Crippen LogP contribution in [0.1, 0.15) is 78.8 Å². The third kappa shape index (κ3) is 3.57. The third-order valence-electron chi connectivity index (χ3n) is 5.39. The minimum Gasteiger partial charge on any atom is -0.481 e. The van der Waals surface area contributed by atoms with Crippen molar-refractivity contribution >= 4 is 17.7 Å². The van der Waals surface area contributed by atoms with Gasteiger partial charge in [-0.3, -0.25) is 19.2 Å². The fraction of sp³-hybridized carbons (Fsp3) is 0.579. The highest BCUT2D eigenvalue weighted by molar-refractivity contribution is 6.02. The lowest BCUT2D eigenvalue weighted by atomic mass is 9.75. The number of carbonyl (C=O) groups is 3. The first-order valence-electron chi connectivity index (χ1n) is 8.95. The van der Waals surface area contributed by atoms with Crippen molar-refractivity contribution in [3.63, 3.8) is 0 Å². The molecule has 3 N–H and O–H groups in total. The van der Waals surface area contributed by atoms with Gasteiger partial charge in [-0.05, 0) is 30.7 Å². The summed E-state index contributed by atoms with van der Waals surface area (Å²) in [6.45, 7) is 3.92. The smallest absolute Gasteiger partial charge is 0.305 e. The van der Waals surface area contributed by atoms with E-state index in [1.54, 1.807) is 0 Å². The summed E-state index contributed by atoms with van der Waals surface area (Å²) >= 11 is 0. The molecule has 0 bridgehead atoms. The van der Waals surface area contributed by atoms with Gasteiger partial charge in [0.2, 0.25) is 0 Å². The summed E-state index contributed by atoms with van der Waals surface area (Å²) in [6.07, 6.45) is 3.56. The average Bonchev–Trinajstić information content (AvgIpc) is 2.92. The maximum Gasteiger partial charge on any atom is 0.305 e. The number of ketones is 1. The van der Waals surface area contributed by atoms with Crippen LogP contribution in [0.15, 0.2) is 10.9 Å². The number of nitrogens with one attached hydrogen (secondary N) is 2. The van der Waals surface area contributed by atoms with Crippen molar-refractivity contribution < 1.29 is 19.5 Å². The van der Waals surface area contributed by atoms with Gasteiger partial charge in [0.1, 0.15) is 5.56 Å². The summed E-state index contributed by atoms with van der Waals surface area (Å²) in [5.41, 5.74) is -0.783. The highest BCUT2D eigenvalue weighted by Gasteiger charge is 2.39. The van der Waals surface area contributed by atoms with Crippen LogP contribution in [0.5, 0.6) is 0 Å². The molecule has 0 spiro atoms. The first-order valence-corrected chi connectivity index (χ1v) is 8.95. The number of carboxylic acids is 1. The SMILES string of the molecule is CC1(C)CC(=O)c2cc(C(=O)NC3(CC(=O)O)CCCC3)c(=O)[nH]c2C1. The predicted molar refractivity (Wildman–Crippen MR) is 94.4 cm³/mol. The van der Waals surface area contributed by atoms with E-state index in [4.69, 9.17) is 5.11 Å². The maximum atomic E-state index is 12.7. The van der Waals surface area contributed by atoms with Crippen molar-refractivity contribution in [1.29, 1.82) is 0 Å². The van der Waals surface area contributed by atoms with Crippen LogP contribution in [-0.4, -0.2) is 33.3 Å². The van der Waals surface area contributed by atoms with Crippen LogP contribution in [0, 0.1) is 5.41 Å². The van der Waals surface area contributed by atoms with Crippen LogP contribution in [0.25, 0.3) is 0 Å². The van der Waals surface area contributed by atoms with Gasteiger partial charge in [0.05, 0.1) is 12.0 Å². The van der Waals surface area contributed by atoms with Gasteiger partial charge in [-0.1, -0.05) is 26.7 Å². The normalized spacial score (nSPS) is 20.5. The van der Waals surface area contributed by atoms with Gasteiger partial charge < -0.3 is 15.4 Å². The number of H-pyrrole nitrogens is 1. The number of carbonyl (C=O) groups excluding carboxylic acids is 2. The Hall–Kier alpha value is -2.44. The molecule has 7 heteroatoms. The van der Waals surface area contributed by atoms with Gasteiger partial charge in [-0.2, -0.15) is 0 Å². The number of aromatic nitrogens is 1. The van der Waals surface area contributed by atoms with Crippen molar-refractivity contribution in [2.24, 2.45) is 5.41 Å². The first kappa shape index (κ1) is 18.4. The van der Waals surface area contributed by atoms with Crippen LogP contribution in [0.4, 0.5) is 0 Å². The summed E-state index contributed by atoms with van der Waals surface area (Å²) < 4.78 is 0. The Balaban J connectivity index is 1.91. The molecule has 0 atom stereocenters. The standard InChI is InChI=1S/C19H24N2O5/c1-18(2)8-13-11(14(22)9-18)7-12(16(25)20-13)17(26)21-19(10-15(23)24)5-3-4-6-19/h7H,3-6,8-10H2,1-2H3,(H,20,25)(H,21,26)(H,23,24). The Bertz CT molecular complexity index is 831. The molecule has 0 radical (unpaired) electrons. The number of Topliss-reactive ketones (excluding diaryl/α,β-unsaturated/α-hetero) is 1. The summed E-state index contributed by atoms with van der Waals surface area (Å²) in [4.78, 5) is 51.4. The number of hydrogen-bond donors (Lipinski definition) is 3. The minimum atomic E-state index is -0.982. The lowest BCUT2D eigenvalue weighted by Gasteiger charge is -2.30. The van der Waals surface area contributed by atoms with E-state index < -0.39 is 23.0 Å². The van der Waals surface area contributed by atoms with Crippen molar-refractivity contribution in [3.05, 3.63) is 33.2 Å². The van der Waals surface area contributed by atoms with E-state index in [1.165, 1.54) is 6.07 Å². The molecule has 1 heterocycles. The second-order valence-electron chi connectivity index (χ2n) is 8.36. The zero-order chi connectivity index (χ0) is 19.1. The highest BCUT2D eigenvalue weighted by atomic mass is 16.4.